The fourth-order valence-corrected chi connectivity index (χ4v) is 3.41. The second-order valence-electron chi connectivity index (χ2n) is 6.19. The van der Waals surface area contributed by atoms with Crippen LogP contribution in [0.1, 0.15) is 45.4 Å². The Morgan fingerprint density at radius 3 is 2.68 bits per heavy atom. The van der Waals surface area contributed by atoms with Crippen LogP contribution in [0.15, 0.2) is 0 Å². The molecular weight excluding hydrogens is 240 g/mol. The van der Waals surface area contributed by atoms with E-state index in [1.54, 1.807) is 0 Å². The monoisotopic (exact) mass is 268 g/mol. The molecule has 2 aliphatic carbocycles. The predicted octanol–water partition coefficient (Wildman–Crippen LogP) is 1.79. The minimum atomic E-state index is -0.450. The Morgan fingerprint density at radius 1 is 1.42 bits per heavy atom. The van der Waals surface area contributed by atoms with Gasteiger partial charge < -0.3 is 15.0 Å². The summed E-state index contributed by atoms with van der Waals surface area (Å²) in [6.07, 6.45) is 7.01. The zero-order valence-electron chi connectivity index (χ0n) is 12.6. The highest BCUT2D eigenvalue weighted by Gasteiger charge is 2.46. The Morgan fingerprint density at radius 2 is 2.16 bits per heavy atom. The van der Waals surface area contributed by atoms with Crippen molar-refractivity contribution < 1.29 is 9.53 Å². The lowest BCUT2D eigenvalue weighted by molar-refractivity contribution is -0.151. The normalized spacial score (nSPS) is 31.5. The summed E-state index contributed by atoms with van der Waals surface area (Å²) in [7, 11) is 4.09. The van der Waals surface area contributed by atoms with Gasteiger partial charge in [-0.3, -0.25) is 4.79 Å². The molecule has 2 fully saturated rings. The Labute approximate surface area is 116 Å². The van der Waals surface area contributed by atoms with Crippen LogP contribution >= 0.6 is 0 Å². The molecule has 0 bridgehead atoms. The van der Waals surface area contributed by atoms with Gasteiger partial charge in [-0.1, -0.05) is 6.42 Å². The number of hydrogen-bond acceptors (Lipinski definition) is 4. The molecule has 0 aliphatic heterocycles. The number of likely N-dealkylation sites (N-methyl/N-ethyl adjacent to an activating group) is 1. The van der Waals surface area contributed by atoms with E-state index in [0.717, 1.165) is 25.2 Å². The van der Waals surface area contributed by atoms with Crippen molar-refractivity contribution in [1.82, 2.24) is 10.2 Å². The van der Waals surface area contributed by atoms with Crippen LogP contribution in [0.3, 0.4) is 0 Å². The van der Waals surface area contributed by atoms with Gasteiger partial charge in [-0.15, -0.1) is 0 Å². The zero-order valence-corrected chi connectivity index (χ0v) is 12.6. The van der Waals surface area contributed by atoms with Crippen molar-refractivity contribution in [3.05, 3.63) is 0 Å². The maximum atomic E-state index is 12.2. The number of carbonyl (C=O) groups is 1. The van der Waals surface area contributed by atoms with Crippen molar-refractivity contribution in [2.45, 2.75) is 57.0 Å². The van der Waals surface area contributed by atoms with E-state index in [0.29, 0.717) is 12.6 Å². The quantitative estimate of drug-likeness (QED) is 0.746. The summed E-state index contributed by atoms with van der Waals surface area (Å²) in [4.78, 5) is 14.6. The predicted molar refractivity (Wildman–Crippen MR) is 76.0 cm³/mol. The fraction of sp³-hybridized carbons (Fsp3) is 0.933. The second kappa shape index (κ2) is 6.23. The van der Waals surface area contributed by atoms with Crippen LogP contribution in [0.25, 0.3) is 0 Å². The van der Waals surface area contributed by atoms with Crippen LogP contribution in [-0.4, -0.2) is 49.7 Å². The number of ether oxygens (including phenoxy) is 1. The molecule has 19 heavy (non-hydrogen) atoms. The lowest BCUT2D eigenvalue weighted by Crippen LogP contribution is -2.50. The molecule has 0 saturated heterocycles. The van der Waals surface area contributed by atoms with E-state index < -0.39 is 5.54 Å². The smallest absolute Gasteiger partial charge is 0.326 e. The Balaban J connectivity index is 1.90. The molecule has 110 valence electrons. The summed E-state index contributed by atoms with van der Waals surface area (Å²) in [6, 6.07) is 0.512. The summed E-state index contributed by atoms with van der Waals surface area (Å²) >= 11 is 0. The molecule has 4 heteroatoms. The molecule has 1 N–H and O–H groups in total. The molecule has 0 aromatic carbocycles. The van der Waals surface area contributed by atoms with Gasteiger partial charge in [0.15, 0.2) is 0 Å². The lowest BCUT2D eigenvalue weighted by Gasteiger charge is -2.34. The third kappa shape index (κ3) is 3.11. The number of esters is 1. The zero-order chi connectivity index (χ0) is 13.9. The largest absolute Gasteiger partial charge is 0.465 e. The van der Waals surface area contributed by atoms with Gasteiger partial charge in [0.05, 0.1) is 6.61 Å². The first kappa shape index (κ1) is 14.8. The number of nitrogens with one attached hydrogen (secondary N) is 1. The van der Waals surface area contributed by atoms with Crippen LogP contribution in [0.2, 0.25) is 0 Å². The van der Waals surface area contributed by atoms with Crippen molar-refractivity contribution in [3.8, 4) is 0 Å². The van der Waals surface area contributed by atoms with E-state index in [1.165, 1.54) is 25.8 Å². The van der Waals surface area contributed by atoms with E-state index in [9.17, 15) is 4.79 Å². The standard InChI is InChI=1S/C15H28N2O2/c1-4-19-14(18)15(16-2)9-8-13(10-15)17(3)11-12-6-5-7-12/h12-13,16H,4-11H2,1-3H3. The van der Waals surface area contributed by atoms with Crippen molar-refractivity contribution in [2.75, 3.05) is 27.2 Å². The van der Waals surface area contributed by atoms with Gasteiger partial charge >= 0.3 is 5.97 Å². The van der Waals surface area contributed by atoms with Gasteiger partial charge in [-0.05, 0) is 59.0 Å². The molecule has 2 atom stereocenters. The first-order valence-corrected chi connectivity index (χ1v) is 7.67. The highest BCUT2D eigenvalue weighted by molar-refractivity contribution is 5.81. The maximum absolute atomic E-state index is 12.2. The Kier molecular flexibility index (Phi) is 4.85. The van der Waals surface area contributed by atoms with E-state index in [4.69, 9.17) is 4.74 Å². The maximum Gasteiger partial charge on any atom is 0.326 e. The molecule has 2 aliphatic rings. The van der Waals surface area contributed by atoms with Crippen molar-refractivity contribution >= 4 is 5.97 Å². The van der Waals surface area contributed by atoms with E-state index in [-0.39, 0.29) is 5.97 Å². The minimum Gasteiger partial charge on any atom is -0.465 e. The highest BCUT2D eigenvalue weighted by Crippen LogP contribution is 2.35. The fourth-order valence-electron chi connectivity index (χ4n) is 3.41. The lowest BCUT2D eigenvalue weighted by atomic mass is 9.85. The highest BCUT2D eigenvalue weighted by atomic mass is 16.5. The summed E-state index contributed by atoms with van der Waals surface area (Å²) in [5, 5.41) is 3.23. The summed E-state index contributed by atoms with van der Waals surface area (Å²) < 4.78 is 5.24. The molecule has 0 radical (unpaired) electrons. The average Bonchev–Trinajstić information content (AvgIpc) is 2.79. The van der Waals surface area contributed by atoms with Gasteiger partial charge in [-0.25, -0.2) is 0 Å². The molecule has 4 nitrogen and oxygen atoms in total. The number of carbonyl (C=O) groups excluding carboxylic acids is 1. The van der Waals surface area contributed by atoms with Crippen molar-refractivity contribution in [2.24, 2.45) is 5.92 Å². The minimum absolute atomic E-state index is 0.0722. The van der Waals surface area contributed by atoms with E-state index in [1.807, 2.05) is 14.0 Å². The SMILES string of the molecule is CCOC(=O)C1(NC)CCC(N(C)CC2CCC2)C1. The van der Waals surface area contributed by atoms with Crippen LogP contribution in [0.4, 0.5) is 0 Å². The van der Waals surface area contributed by atoms with E-state index >= 15 is 0 Å². The third-order valence-corrected chi connectivity index (χ3v) is 5.03. The number of nitrogens with zero attached hydrogens (tertiary/aromatic N) is 1. The third-order valence-electron chi connectivity index (χ3n) is 5.03. The van der Waals surface area contributed by atoms with Crippen molar-refractivity contribution in [3.63, 3.8) is 0 Å². The second-order valence-corrected chi connectivity index (χ2v) is 6.19. The molecular formula is C15H28N2O2. The molecule has 2 saturated carbocycles. The van der Waals surface area contributed by atoms with Crippen LogP contribution in [-0.2, 0) is 9.53 Å². The first-order valence-electron chi connectivity index (χ1n) is 7.67. The Hall–Kier alpha value is -0.610. The Bertz CT molecular complexity index is 317. The molecule has 2 rings (SSSR count). The molecule has 2 unspecified atom stereocenters. The van der Waals surface area contributed by atoms with Crippen molar-refractivity contribution in [1.29, 1.82) is 0 Å². The van der Waals surface area contributed by atoms with Gasteiger partial charge in [0.25, 0.3) is 0 Å². The van der Waals surface area contributed by atoms with Crippen LogP contribution in [0.5, 0.6) is 0 Å². The van der Waals surface area contributed by atoms with E-state index in [2.05, 4.69) is 17.3 Å². The molecule has 0 aromatic rings. The topological polar surface area (TPSA) is 41.6 Å². The molecule has 0 aromatic heterocycles. The van der Waals surface area contributed by atoms with Crippen LogP contribution in [0, 0.1) is 5.92 Å². The molecule has 0 heterocycles. The van der Waals surface area contributed by atoms with Gasteiger partial charge in [0, 0.05) is 12.6 Å². The van der Waals surface area contributed by atoms with Crippen LogP contribution < -0.4 is 5.32 Å². The summed E-state index contributed by atoms with van der Waals surface area (Å²) in [5.74, 6) is 0.814. The molecule has 0 amide bonds. The van der Waals surface area contributed by atoms with Gasteiger partial charge in [-0.2, -0.15) is 0 Å². The number of rotatable bonds is 6. The molecule has 0 spiro atoms. The summed E-state index contributed by atoms with van der Waals surface area (Å²) in [6.45, 7) is 3.52. The summed E-state index contributed by atoms with van der Waals surface area (Å²) in [5.41, 5.74) is -0.450. The van der Waals surface area contributed by atoms with Gasteiger partial charge in [0.2, 0.25) is 0 Å². The first-order chi connectivity index (χ1) is 9.11. The number of hydrogen-bond donors (Lipinski definition) is 1. The van der Waals surface area contributed by atoms with Gasteiger partial charge in [0.1, 0.15) is 5.54 Å². The average molecular weight is 268 g/mol.